The summed E-state index contributed by atoms with van der Waals surface area (Å²) >= 11 is 0. The third-order valence-corrected chi connectivity index (χ3v) is 2.89. The van der Waals surface area contributed by atoms with Crippen LogP contribution in [0, 0.1) is 5.95 Å². The molecule has 2 heterocycles. The summed E-state index contributed by atoms with van der Waals surface area (Å²) in [7, 11) is 1.71. The maximum absolute atomic E-state index is 13.0. The lowest BCUT2D eigenvalue weighted by Gasteiger charge is -2.19. The minimum atomic E-state index is -0.695. The van der Waals surface area contributed by atoms with Gasteiger partial charge in [0, 0.05) is 20.1 Å². The molecule has 1 aliphatic rings. The molecule has 0 unspecified atom stereocenters. The van der Waals surface area contributed by atoms with E-state index in [1.807, 2.05) is 0 Å². The summed E-state index contributed by atoms with van der Waals surface area (Å²) in [5, 5.41) is 0. The van der Waals surface area contributed by atoms with Gasteiger partial charge in [-0.1, -0.05) is 6.07 Å². The van der Waals surface area contributed by atoms with Crippen molar-refractivity contribution in [3.05, 3.63) is 29.8 Å². The van der Waals surface area contributed by atoms with E-state index in [0.29, 0.717) is 19.5 Å². The lowest BCUT2D eigenvalue weighted by atomic mass is 10.3. The number of nitrogens with zero attached hydrogens (tertiary/aromatic N) is 3. The highest BCUT2D eigenvalue weighted by atomic mass is 19.1. The average molecular weight is 251 g/mol. The molecule has 6 heteroatoms. The summed E-state index contributed by atoms with van der Waals surface area (Å²) in [6.07, 6.45) is 0.712. The van der Waals surface area contributed by atoms with Crippen LogP contribution in [0.25, 0.3) is 0 Å². The molecule has 0 bridgehead atoms. The second-order valence-corrected chi connectivity index (χ2v) is 4.24. The summed E-state index contributed by atoms with van der Waals surface area (Å²) in [6.45, 7) is 1.12. The molecule has 0 N–H and O–H groups in total. The minimum absolute atomic E-state index is 0.0214. The number of carbonyl (C=O) groups excluding carboxylic acids is 2. The molecule has 0 saturated carbocycles. The molecule has 0 atom stereocenters. The Morgan fingerprint density at radius 3 is 2.89 bits per heavy atom. The van der Waals surface area contributed by atoms with Crippen LogP contribution in [0.2, 0.25) is 0 Å². The van der Waals surface area contributed by atoms with Crippen LogP contribution in [-0.2, 0) is 4.79 Å². The van der Waals surface area contributed by atoms with Gasteiger partial charge in [0.25, 0.3) is 5.91 Å². The Morgan fingerprint density at radius 2 is 2.17 bits per heavy atom. The van der Waals surface area contributed by atoms with E-state index < -0.39 is 11.9 Å². The van der Waals surface area contributed by atoms with Crippen molar-refractivity contribution in [3.8, 4) is 0 Å². The van der Waals surface area contributed by atoms with Crippen LogP contribution in [0.4, 0.5) is 4.39 Å². The number of rotatable bonds is 1. The van der Waals surface area contributed by atoms with E-state index in [4.69, 9.17) is 0 Å². The SMILES string of the molecule is CN1CCCN(C(=O)c2cccc(F)n2)CC1=O. The van der Waals surface area contributed by atoms with Crippen molar-refractivity contribution in [2.75, 3.05) is 26.7 Å². The van der Waals surface area contributed by atoms with Crippen molar-refractivity contribution in [2.24, 2.45) is 0 Å². The third-order valence-electron chi connectivity index (χ3n) is 2.89. The topological polar surface area (TPSA) is 53.5 Å². The molecule has 1 aromatic heterocycles. The van der Waals surface area contributed by atoms with Gasteiger partial charge in [0.05, 0.1) is 0 Å². The summed E-state index contributed by atoms with van der Waals surface area (Å²) in [6, 6.07) is 4.06. The molecule has 1 fully saturated rings. The van der Waals surface area contributed by atoms with Crippen molar-refractivity contribution in [1.29, 1.82) is 0 Å². The molecule has 5 nitrogen and oxygen atoms in total. The maximum Gasteiger partial charge on any atom is 0.273 e. The molecule has 1 aromatic rings. The fourth-order valence-electron chi connectivity index (χ4n) is 1.85. The highest BCUT2D eigenvalue weighted by molar-refractivity contribution is 5.95. The Kier molecular flexibility index (Phi) is 3.55. The molecule has 2 rings (SSSR count). The Bertz CT molecular complexity index is 478. The first-order chi connectivity index (χ1) is 8.58. The Morgan fingerprint density at radius 1 is 1.39 bits per heavy atom. The Labute approximate surface area is 104 Å². The van der Waals surface area contributed by atoms with Gasteiger partial charge in [0.2, 0.25) is 11.9 Å². The number of hydrogen-bond acceptors (Lipinski definition) is 3. The van der Waals surface area contributed by atoms with Gasteiger partial charge >= 0.3 is 0 Å². The number of likely N-dealkylation sites (N-methyl/N-ethyl adjacent to an activating group) is 1. The van der Waals surface area contributed by atoms with Gasteiger partial charge in [-0.05, 0) is 18.6 Å². The van der Waals surface area contributed by atoms with Crippen LogP contribution in [0.5, 0.6) is 0 Å². The summed E-state index contributed by atoms with van der Waals surface area (Å²) in [5.74, 6) is -1.21. The van der Waals surface area contributed by atoms with E-state index in [9.17, 15) is 14.0 Å². The molecule has 1 aliphatic heterocycles. The molecule has 2 amide bonds. The number of pyridine rings is 1. The summed E-state index contributed by atoms with van der Waals surface area (Å²) < 4.78 is 13.0. The maximum atomic E-state index is 13.0. The molecule has 18 heavy (non-hydrogen) atoms. The molecule has 0 aliphatic carbocycles. The first-order valence-electron chi connectivity index (χ1n) is 5.74. The fraction of sp³-hybridized carbons (Fsp3) is 0.417. The van der Waals surface area contributed by atoms with E-state index in [1.54, 1.807) is 11.9 Å². The molecule has 0 radical (unpaired) electrons. The zero-order valence-electron chi connectivity index (χ0n) is 10.1. The van der Waals surface area contributed by atoms with Crippen molar-refractivity contribution in [1.82, 2.24) is 14.8 Å². The van der Waals surface area contributed by atoms with Crippen molar-refractivity contribution in [3.63, 3.8) is 0 Å². The quantitative estimate of drug-likeness (QED) is 0.684. The number of aromatic nitrogens is 1. The van der Waals surface area contributed by atoms with Crippen LogP contribution in [0.15, 0.2) is 18.2 Å². The van der Waals surface area contributed by atoms with Gasteiger partial charge in [0.1, 0.15) is 12.2 Å². The predicted octanol–water partition coefficient (Wildman–Crippen LogP) is 0.525. The average Bonchev–Trinajstić information content (AvgIpc) is 2.51. The first-order valence-corrected chi connectivity index (χ1v) is 5.74. The second-order valence-electron chi connectivity index (χ2n) is 4.24. The summed E-state index contributed by atoms with van der Waals surface area (Å²) in [4.78, 5) is 30.3. The molecular formula is C12H14FN3O2. The largest absolute Gasteiger partial charge is 0.344 e. The Hall–Kier alpha value is -1.98. The number of amides is 2. The van der Waals surface area contributed by atoms with Gasteiger partial charge in [-0.2, -0.15) is 4.39 Å². The molecule has 96 valence electrons. The Balaban J connectivity index is 2.16. The van der Waals surface area contributed by atoms with E-state index >= 15 is 0 Å². The molecule has 1 saturated heterocycles. The zero-order valence-corrected chi connectivity index (χ0v) is 10.1. The number of carbonyl (C=O) groups is 2. The van der Waals surface area contributed by atoms with Gasteiger partial charge in [-0.25, -0.2) is 4.98 Å². The van der Waals surface area contributed by atoms with Crippen LogP contribution >= 0.6 is 0 Å². The van der Waals surface area contributed by atoms with Crippen LogP contribution in [-0.4, -0.2) is 53.3 Å². The van der Waals surface area contributed by atoms with Gasteiger partial charge in [-0.15, -0.1) is 0 Å². The second kappa shape index (κ2) is 5.12. The highest BCUT2D eigenvalue weighted by Crippen LogP contribution is 2.08. The van der Waals surface area contributed by atoms with E-state index in [2.05, 4.69) is 4.98 Å². The zero-order chi connectivity index (χ0) is 13.1. The molecule has 0 spiro atoms. The lowest BCUT2D eigenvalue weighted by molar-refractivity contribution is -0.129. The lowest BCUT2D eigenvalue weighted by Crippen LogP contribution is -2.38. The first kappa shape index (κ1) is 12.5. The number of hydrogen-bond donors (Lipinski definition) is 0. The fourth-order valence-corrected chi connectivity index (χ4v) is 1.85. The van der Waals surface area contributed by atoms with Crippen molar-refractivity contribution in [2.45, 2.75) is 6.42 Å². The van der Waals surface area contributed by atoms with Crippen molar-refractivity contribution >= 4 is 11.8 Å². The minimum Gasteiger partial charge on any atom is -0.344 e. The van der Waals surface area contributed by atoms with Gasteiger partial charge < -0.3 is 9.80 Å². The normalized spacial score (nSPS) is 16.7. The standard InChI is InChI=1S/C12H14FN3O2/c1-15-6-3-7-16(8-11(15)17)12(18)9-4-2-5-10(13)14-9/h2,4-5H,3,6-8H2,1H3. The van der Waals surface area contributed by atoms with Gasteiger partial charge in [0.15, 0.2) is 0 Å². The van der Waals surface area contributed by atoms with E-state index in [-0.39, 0.29) is 18.1 Å². The van der Waals surface area contributed by atoms with Crippen LogP contribution < -0.4 is 0 Å². The van der Waals surface area contributed by atoms with E-state index in [1.165, 1.54) is 23.1 Å². The monoisotopic (exact) mass is 251 g/mol. The number of halogens is 1. The van der Waals surface area contributed by atoms with Crippen LogP contribution in [0.1, 0.15) is 16.9 Å². The third kappa shape index (κ3) is 2.64. The van der Waals surface area contributed by atoms with Crippen LogP contribution in [0.3, 0.4) is 0 Å². The van der Waals surface area contributed by atoms with Crippen molar-refractivity contribution < 1.29 is 14.0 Å². The summed E-state index contributed by atoms with van der Waals surface area (Å²) in [5.41, 5.74) is 0.0346. The molecule has 0 aromatic carbocycles. The smallest absolute Gasteiger partial charge is 0.273 e. The highest BCUT2D eigenvalue weighted by Gasteiger charge is 2.24. The molecular weight excluding hydrogens is 237 g/mol. The van der Waals surface area contributed by atoms with E-state index in [0.717, 1.165) is 0 Å². The van der Waals surface area contributed by atoms with Gasteiger partial charge in [-0.3, -0.25) is 9.59 Å². The predicted molar refractivity (Wildman–Crippen MR) is 62.4 cm³/mol.